The molecule has 0 aliphatic carbocycles. The molecule has 0 amide bonds. The molecule has 0 fully saturated rings. The van der Waals surface area contributed by atoms with Crippen molar-refractivity contribution in [2.24, 2.45) is 0 Å². The van der Waals surface area contributed by atoms with E-state index in [2.05, 4.69) is 60.4 Å². The number of furan rings is 1. The van der Waals surface area contributed by atoms with Crippen LogP contribution in [0.5, 0.6) is 0 Å². The van der Waals surface area contributed by atoms with E-state index in [1.807, 2.05) is 29.6 Å². The molecule has 3 aromatic heterocycles. The summed E-state index contributed by atoms with van der Waals surface area (Å²) in [6.45, 7) is 6.12. The monoisotopic (exact) mass is 386 g/mol. The van der Waals surface area contributed by atoms with E-state index in [4.69, 9.17) is 9.52 Å². The van der Waals surface area contributed by atoms with Gasteiger partial charge in [0.05, 0.1) is 5.56 Å². The van der Waals surface area contributed by atoms with Crippen LogP contribution < -0.4 is 0 Å². The summed E-state index contributed by atoms with van der Waals surface area (Å²) < 4.78 is 7.85. The van der Waals surface area contributed by atoms with Gasteiger partial charge in [0, 0.05) is 11.1 Å². The van der Waals surface area contributed by atoms with E-state index >= 15 is 0 Å². The Kier molecular flexibility index (Phi) is 3.87. The fraction of sp³-hybridized carbons (Fsp3) is 0.136. The zero-order valence-corrected chi connectivity index (χ0v) is 16.6. The van der Waals surface area contributed by atoms with Crippen molar-refractivity contribution >= 4 is 16.3 Å². The summed E-state index contributed by atoms with van der Waals surface area (Å²) in [4.78, 5) is 0.768. The number of aromatic nitrogens is 4. The molecule has 0 saturated heterocycles. The molecule has 0 bridgehead atoms. The Labute approximate surface area is 166 Å². The van der Waals surface area contributed by atoms with Crippen LogP contribution in [-0.2, 0) is 0 Å². The number of fused-ring (bicyclic) bond motifs is 1. The predicted molar refractivity (Wildman–Crippen MR) is 111 cm³/mol. The summed E-state index contributed by atoms with van der Waals surface area (Å²) in [5, 5.41) is 14.3. The normalized spacial score (nSPS) is 11.4. The molecular weight excluding hydrogens is 368 g/mol. The van der Waals surface area contributed by atoms with Gasteiger partial charge in [-0.1, -0.05) is 58.9 Å². The molecule has 5 nitrogen and oxygen atoms in total. The molecule has 0 N–H and O–H groups in total. The molecule has 28 heavy (non-hydrogen) atoms. The highest BCUT2D eigenvalue weighted by atomic mass is 32.1. The maximum absolute atomic E-state index is 6.03. The fourth-order valence-corrected chi connectivity index (χ4v) is 4.23. The minimum Gasteiger partial charge on any atom is -0.461 e. The van der Waals surface area contributed by atoms with Crippen molar-refractivity contribution in [1.29, 1.82) is 0 Å². The summed E-state index contributed by atoms with van der Waals surface area (Å²) >= 11 is 1.51. The number of benzene rings is 2. The third kappa shape index (κ3) is 2.82. The molecule has 0 aliphatic heterocycles. The van der Waals surface area contributed by atoms with Crippen LogP contribution >= 0.6 is 11.3 Å². The molecule has 0 saturated carbocycles. The molecular formula is C22H18N4OS. The van der Waals surface area contributed by atoms with Crippen LogP contribution in [0.1, 0.15) is 16.9 Å². The lowest BCUT2D eigenvalue weighted by Crippen LogP contribution is -1.91. The second-order valence-corrected chi connectivity index (χ2v) is 7.90. The molecule has 6 heteroatoms. The van der Waals surface area contributed by atoms with Crippen LogP contribution in [0.4, 0.5) is 0 Å². The third-order valence-electron chi connectivity index (χ3n) is 4.72. The summed E-state index contributed by atoms with van der Waals surface area (Å²) in [5.41, 5.74) is 5.45. The highest BCUT2D eigenvalue weighted by Crippen LogP contribution is 2.35. The van der Waals surface area contributed by atoms with E-state index in [0.717, 1.165) is 44.0 Å². The van der Waals surface area contributed by atoms with Crippen molar-refractivity contribution in [2.45, 2.75) is 20.8 Å². The van der Waals surface area contributed by atoms with Gasteiger partial charge in [-0.3, -0.25) is 0 Å². The van der Waals surface area contributed by atoms with Gasteiger partial charge in [-0.05, 0) is 39.0 Å². The van der Waals surface area contributed by atoms with E-state index in [9.17, 15) is 0 Å². The first kappa shape index (κ1) is 16.9. The second-order valence-electron chi connectivity index (χ2n) is 6.94. The van der Waals surface area contributed by atoms with Crippen LogP contribution in [0, 0.1) is 20.8 Å². The van der Waals surface area contributed by atoms with Crippen molar-refractivity contribution in [1.82, 2.24) is 19.8 Å². The average Bonchev–Trinajstić information content (AvgIpc) is 3.35. The molecule has 0 unspecified atom stereocenters. The van der Waals surface area contributed by atoms with Crippen LogP contribution in [0.25, 0.3) is 38.2 Å². The first-order valence-corrected chi connectivity index (χ1v) is 9.87. The van der Waals surface area contributed by atoms with E-state index in [1.165, 1.54) is 22.5 Å². The Hall–Kier alpha value is -3.25. The smallest absolute Gasteiger partial charge is 0.235 e. The Morgan fingerprint density at radius 3 is 2.32 bits per heavy atom. The predicted octanol–water partition coefficient (Wildman–Crippen LogP) is 5.71. The van der Waals surface area contributed by atoms with Gasteiger partial charge in [0.15, 0.2) is 10.8 Å². The Bertz CT molecular complexity index is 1310. The summed E-state index contributed by atoms with van der Waals surface area (Å²) in [5.74, 6) is 2.45. The van der Waals surface area contributed by atoms with E-state index in [1.54, 1.807) is 0 Å². The van der Waals surface area contributed by atoms with Crippen LogP contribution in [-0.4, -0.2) is 19.8 Å². The Morgan fingerprint density at radius 1 is 0.857 bits per heavy atom. The zero-order valence-electron chi connectivity index (χ0n) is 15.8. The van der Waals surface area contributed by atoms with Crippen LogP contribution in [0.3, 0.4) is 0 Å². The average molecular weight is 386 g/mol. The topological polar surface area (TPSA) is 56.2 Å². The molecule has 0 spiro atoms. The number of hydrogen-bond acceptors (Lipinski definition) is 5. The molecule has 2 aromatic carbocycles. The van der Waals surface area contributed by atoms with E-state index in [0.29, 0.717) is 0 Å². The summed E-state index contributed by atoms with van der Waals surface area (Å²) in [7, 11) is 0. The van der Waals surface area contributed by atoms with Crippen molar-refractivity contribution in [3.05, 3.63) is 71.5 Å². The molecule has 3 heterocycles. The van der Waals surface area contributed by atoms with Gasteiger partial charge in [-0.2, -0.15) is 9.61 Å². The van der Waals surface area contributed by atoms with E-state index < -0.39 is 0 Å². The fourth-order valence-electron chi connectivity index (χ4n) is 3.32. The van der Waals surface area contributed by atoms with Crippen molar-refractivity contribution in [2.75, 3.05) is 0 Å². The van der Waals surface area contributed by atoms with Crippen molar-refractivity contribution < 1.29 is 4.42 Å². The lowest BCUT2D eigenvalue weighted by atomic mass is 10.1. The summed E-state index contributed by atoms with van der Waals surface area (Å²) in [6, 6.07) is 18.6. The Balaban J connectivity index is 1.59. The molecule has 0 aliphatic rings. The van der Waals surface area contributed by atoms with Crippen molar-refractivity contribution in [3.8, 4) is 33.3 Å². The molecule has 5 aromatic rings. The third-order valence-corrected chi connectivity index (χ3v) is 5.65. The minimum atomic E-state index is 0.751. The number of aryl methyl sites for hydroxylation is 3. The summed E-state index contributed by atoms with van der Waals surface area (Å²) in [6.07, 6.45) is 0. The van der Waals surface area contributed by atoms with Gasteiger partial charge < -0.3 is 4.42 Å². The number of rotatable bonds is 3. The minimum absolute atomic E-state index is 0.751. The first-order chi connectivity index (χ1) is 13.6. The molecule has 5 rings (SSSR count). The SMILES string of the molecule is Cc1cccc(-c2cc(-c3nn4c(-c5cccc(C)c5)nnc4s3)c(C)o2)c1. The first-order valence-electron chi connectivity index (χ1n) is 9.05. The van der Waals surface area contributed by atoms with Crippen LogP contribution in [0.15, 0.2) is 59.0 Å². The molecule has 0 radical (unpaired) electrons. The van der Waals surface area contributed by atoms with Gasteiger partial charge in [-0.15, -0.1) is 10.2 Å². The number of nitrogens with zero attached hydrogens (tertiary/aromatic N) is 4. The highest BCUT2D eigenvalue weighted by molar-refractivity contribution is 7.19. The van der Waals surface area contributed by atoms with Crippen LogP contribution in [0.2, 0.25) is 0 Å². The van der Waals surface area contributed by atoms with Gasteiger partial charge in [0.2, 0.25) is 4.96 Å². The Morgan fingerprint density at radius 2 is 1.57 bits per heavy atom. The quantitative estimate of drug-likeness (QED) is 0.399. The van der Waals surface area contributed by atoms with Gasteiger partial charge in [0.25, 0.3) is 0 Å². The standard InChI is InChI=1S/C22H18N4OS/c1-13-6-4-8-16(10-13)19-12-18(15(3)27-19)21-25-26-20(23-24-22(26)28-21)17-9-5-7-14(2)11-17/h4-12H,1-3H3. The zero-order chi connectivity index (χ0) is 19.3. The lowest BCUT2D eigenvalue weighted by molar-refractivity contribution is 0.549. The maximum Gasteiger partial charge on any atom is 0.235 e. The molecule has 0 atom stereocenters. The van der Waals surface area contributed by atoms with E-state index in [-0.39, 0.29) is 0 Å². The van der Waals surface area contributed by atoms with Crippen molar-refractivity contribution in [3.63, 3.8) is 0 Å². The largest absolute Gasteiger partial charge is 0.461 e. The number of hydrogen-bond donors (Lipinski definition) is 0. The lowest BCUT2D eigenvalue weighted by Gasteiger charge is -1.98. The molecule has 138 valence electrons. The second kappa shape index (κ2) is 6.42. The highest BCUT2D eigenvalue weighted by Gasteiger charge is 2.18. The van der Waals surface area contributed by atoms with Gasteiger partial charge >= 0.3 is 0 Å². The maximum atomic E-state index is 6.03. The van der Waals surface area contributed by atoms with Gasteiger partial charge in [0.1, 0.15) is 11.5 Å². The van der Waals surface area contributed by atoms with Gasteiger partial charge in [-0.25, -0.2) is 0 Å².